The van der Waals surface area contributed by atoms with Crippen LogP contribution in [0.15, 0.2) is 28.0 Å². The van der Waals surface area contributed by atoms with Crippen LogP contribution in [0.5, 0.6) is 0 Å². The molecule has 2 nitrogen and oxygen atoms in total. The minimum absolute atomic E-state index is 1.09. The highest BCUT2D eigenvalue weighted by molar-refractivity contribution is 5.54. The van der Waals surface area contributed by atoms with Gasteiger partial charge in [-0.1, -0.05) is 5.57 Å². The molecule has 0 aromatic carbocycles. The third kappa shape index (κ3) is 2.72. The molecular formula is C11H18N2. The summed E-state index contributed by atoms with van der Waals surface area (Å²) in [4.78, 5) is 4.17. The molecular weight excluding hydrogens is 160 g/mol. The lowest BCUT2D eigenvalue weighted by Gasteiger charge is -2.21. The molecule has 1 saturated heterocycles. The van der Waals surface area contributed by atoms with Gasteiger partial charge in [-0.3, -0.25) is 4.99 Å². The van der Waals surface area contributed by atoms with Gasteiger partial charge in [0.15, 0.2) is 0 Å². The molecule has 1 aliphatic rings. The van der Waals surface area contributed by atoms with E-state index in [1.165, 1.54) is 23.3 Å². The number of piperidine rings is 1. The molecule has 1 rings (SSSR count). The van der Waals surface area contributed by atoms with E-state index in [1.54, 1.807) is 0 Å². The van der Waals surface area contributed by atoms with E-state index in [4.69, 9.17) is 0 Å². The summed E-state index contributed by atoms with van der Waals surface area (Å²) in [6.07, 6.45) is 6.14. The highest BCUT2D eigenvalue weighted by Gasteiger charge is 2.11. The molecule has 0 aromatic heterocycles. The first-order valence-electron chi connectivity index (χ1n) is 4.84. The topological polar surface area (TPSA) is 24.4 Å². The highest BCUT2D eigenvalue weighted by atomic mass is 14.9. The first-order chi connectivity index (χ1) is 6.25. The van der Waals surface area contributed by atoms with Crippen LogP contribution in [0.25, 0.3) is 0 Å². The lowest BCUT2D eigenvalue weighted by molar-refractivity contribution is 0.661. The Bertz CT molecular complexity index is 255. The van der Waals surface area contributed by atoms with Gasteiger partial charge in [0.1, 0.15) is 0 Å². The van der Waals surface area contributed by atoms with E-state index in [2.05, 4.69) is 24.2 Å². The first-order valence-corrected chi connectivity index (χ1v) is 4.84. The van der Waals surface area contributed by atoms with Crippen molar-refractivity contribution in [2.45, 2.75) is 33.6 Å². The zero-order chi connectivity index (χ0) is 9.68. The normalized spacial score (nSPS) is 20.8. The third-order valence-corrected chi connectivity index (χ3v) is 2.13. The van der Waals surface area contributed by atoms with Crippen LogP contribution in [0, 0.1) is 0 Å². The van der Waals surface area contributed by atoms with Crippen LogP contribution < -0.4 is 5.32 Å². The number of hydrogen-bond donors (Lipinski definition) is 1. The molecule has 1 fully saturated rings. The van der Waals surface area contributed by atoms with Crippen molar-refractivity contribution in [3.8, 4) is 0 Å². The fourth-order valence-corrected chi connectivity index (χ4v) is 1.52. The second-order valence-corrected chi connectivity index (χ2v) is 3.47. The van der Waals surface area contributed by atoms with Gasteiger partial charge in [0.25, 0.3) is 0 Å². The van der Waals surface area contributed by atoms with Crippen molar-refractivity contribution in [2.24, 2.45) is 4.99 Å². The summed E-state index contributed by atoms with van der Waals surface area (Å²) in [6.45, 7) is 7.30. The fraction of sp³-hybridized carbons (Fsp3) is 0.545. The van der Waals surface area contributed by atoms with Crippen molar-refractivity contribution < 1.29 is 0 Å². The Labute approximate surface area is 80.4 Å². The summed E-state index contributed by atoms with van der Waals surface area (Å²) in [7, 11) is 0. The first kappa shape index (κ1) is 10.0. The number of nitrogens with zero attached hydrogens (tertiary/aromatic N) is 1. The standard InChI is InChI=1S/C11H18N2/c1-4-12-8-10-6-5-7-13-11(10)9(2)3/h4,8,13H,5-7H2,1-3H3/b10-8-,12-4?. The molecule has 1 aliphatic heterocycles. The molecule has 13 heavy (non-hydrogen) atoms. The van der Waals surface area contributed by atoms with E-state index >= 15 is 0 Å². The monoisotopic (exact) mass is 178 g/mol. The molecule has 0 radical (unpaired) electrons. The summed E-state index contributed by atoms with van der Waals surface area (Å²) in [5, 5.41) is 3.41. The SMILES string of the molecule is CC=N/C=C1/CCCNC1=C(C)C. The lowest BCUT2D eigenvalue weighted by atomic mass is 10.0. The Balaban J connectivity index is 2.86. The van der Waals surface area contributed by atoms with Crippen molar-refractivity contribution >= 4 is 6.21 Å². The largest absolute Gasteiger partial charge is 0.385 e. The number of rotatable bonds is 1. The second kappa shape index (κ2) is 4.85. The molecule has 72 valence electrons. The maximum Gasteiger partial charge on any atom is 0.0374 e. The van der Waals surface area contributed by atoms with Gasteiger partial charge in [0.05, 0.1) is 0 Å². The Morgan fingerprint density at radius 3 is 2.85 bits per heavy atom. The Kier molecular flexibility index (Phi) is 3.74. The molecule has 0 unspecified atom stereocenters. The second-order valence-electron chi connectivity index (χ2n) is 3.47. The zero-order valence-corrected chi connectivity index (χ0v) is 8.72. The summed E-state index contributed by atoms with van der Waals surface area (Å²) < 4.78 is 0. The van der Waals surface area contributed by atoms with Crippen LogP contribution in [0.3, 0.4) is 0 Å². The van der Waals surface area contributed by atoms with Gasteiger partial charge in [-0.25, -0.2) is 0 Å². The minimum Gasteiger partial charge on any atom is -0.385 e. The van der Waals surface area contributed by atoms with E-state index in [0.29, 0.717) is 0 Å². The quantitative estimate of drug-likeness (QED) is 0.613. The Hall–Kier alpha value is -1.05. The minimum atomic E-state index is 1.09. The van der Waals surface area contributed by atoms with E-state index in [0.717, 1.165) is 13.0 Å². The maximum atomic E-state index is 4.17. The Morgan fingerprint density at radius 1 is 1.46 bits per heavy atom. The Morgan fingerprint density at radius 2 is 2.23 bits per heavy atom. The lowest BCUT2D eigenvalue weighted by Crippen LogP contribution is -2.22. The van der Waals surface area contributed by atoms with Crippen LogP contribution in [0.4, 0.5) is 0 Å². The number of allylic oxidation sites excluding steroid dienone is 2. The summed E-state index contributed by atoms with van der Waals surface area (Å²) in [6, 6.07) is 0. The fourth-order valence-electron chi connectivity index (χ4n) is 1.52. The summed E-state index contributed by atoms with van der Waals surface area (Å²) in [5.41, 5.74) is 3.97. The molecule has 0 aliphatic carbocycles. The predicted molar refractivity (Wildman–Crippen MR) is 57.9 cm³/mol. The van der Waals surface area contributed by atoms with Crippen LogP contribution >= 0.6 is 0 Å². The van der Waals surface area contributed by atoms with Crippen LogP contribution in [0.1, 0.15) is 33.6 Å². The van der Waals surface area contributed by atoms with Gasteiger partial charge < -0.3 is 5.32 Å². The van der Waals surface area contributed by atoms with Gasteiger partial charge in [-0.15, -0.1) is 0 Å². The van der Waals surface area contributed by atoms with Gasteiger partial charge in [-0.05, 0) is 39.2 Å². The maximum absolute atomic E-state index is 4.17. The highest BCUT2D eigenvalue weighted by Crippen LogP contribution is 2.21. The van der Waals surface area contributed by atoms with Crippen molar-refractivity contribution in [3.63, 3.8) is 0 Å². The molecule has 0 saturated carbocycles. The van der Waals surface area contributed by atoms with Gasteiger partial charge in [0.2, 0.25) is 0 Å². The molecule has 1 N–H and O–H groups in total. The average molecular weight is 178 g/mol. The predicted octanol–water partition coefficient (Wildman–Crippen LogP) is 2.64. The third-order valence-electron chi connectivity index (χ3n) is 2.13. The molecule has 1 heterocycles. The summed E-state index contributed by atoms with van der Waals surface area (Å²) >= 11 is 0. The van der Waals surface area contributed by atoms with E-state index in [-0.39, 0.29) is 0 Å². The molecule has 2 heteroatoms. The van der Waals surface area contributed by atoms with E-state index in [1.807, 2.05) is 19.3 Å². The molecule has 0 atom stereocenters. The molecule has 0 spiro atoms. The van der Waals surface area contributed by atoms with Crippen molar-refractivity contribution in [3.05, 3.63) is 23.0 Å². The zero-order valence-electron chi connectivity index (χ0n) is 8.72. The van der Waals surface area contributed by atoms with Gasteiger partial charge in [-0.2, -0.15) is 0 Å². The van der Waals surface area contributed by atoms with Crippen LogP contribution in [0.2, 0.25) is 0 Å². The number of nitrogens with one attached hydrogen (secondary N) is 1. The van der Waals surface area contributed by atoms with Crippen molar-refractivity contribution in [1.82, 2.24) is 5.32 Å². The van der Waals surface area contributed by atoms with Crippen LogP contribution in [-0.2, 0) is 0 Å². The van der Waals surface area contributed by atoms with Crippen molar-refractivity contribution in [1.29, 1.82) is 0 Å². The van der Waals surface area contributed by atoms with E-state index < -0.39 is 0 Å². The summed E-state index contributed by atoms with van der Waals surface area (Å²) in [5.74, 6) is 0. The van der Waals surface area contributed by atoms with Gasteiger partial charge >= 0.3 is 0 Å². The molecule has 0 aromatic rings. The number of aliphatic imine (C=N–C) groups is 1. The average Bonchev–Trinajstić information content (AvgIpc) is 2.15. The van der Waals surface area contributed by atoms with Crippen molar-refractivity contribution in [2.75, 3.05) is 6.54 Å². The van der Waals surface area contributed by atoms with Gasteiger partial charge in [0, 0.05) is 24.7 Å². The van der Waals surface area contributed by atoms with E-state index in [9.17, 15) is 0 Å². The smallest absolute Gasteiger partial charge is 0.0374 e. The molecule has 0 amide bonds. The van der Waals surface area contributed by atoms with Crippen LogP contribution in [-0.4, -0.2) is 12.8 Å². The molecule has 0 bridgehead atoms. The number of hydrogen-bond acceptors (Lipinski definition) is 2.